The Balaban J connectivity index is 1.52. The quantitative estimate of drug-likeness (QED) is 0.503. The SMILES string of the molecule is CCCCN1C(=O)[C@@H]2[C@@H](C1=O)N1[C@@H](c3ccccc3)[C@H]3C(=O)N(CCCC)C(=O)[C@@H]3N1[C@@H]2c1ccccc1. The summed E-state index contributed by atoms with van der Waals surface area (Å²) in [5.74, 6) is -2.08. The molecule has 8 nitrogen and oxygen atoms in total. The largest absolute Gasteiger partial charge is 0.281 e. The number of carbonyl (C=O) groups is 4. The summed E-state index contributed by atoms with van der Waals surface area (Å²) in [5.41, 5.74) is 1.76. The van der Waals surface area contributed by atoms with Crippen molar-refractivity contribution in [2.75, 3.05) is 13.1 Å². The first-order valence-corrected chi connectivity index (χ1v) is 13.9. The number of nitrogens with zero attached hydrogens (tertiary/aromatic N) is 4. The first-order valence-electron chi connectivity index (χ1n) is 13.9. The first-order chi connectivity index (χ1) is 18.5. The lowest BCUT2D eigenvalue weighted by Crippen LogP contribution is -2.50. The molecule has 0 saturated carbocycles. The third-order valence-electron chi connectivity index (χ3n) is 8.66. The van der Waals surface area contributed by atoms with Crippen molar-refractivity contribution >= 4 is 23.6 Å². The monoisotopic (exact) mass is 514 g/mol. The highest BCUT2D eigenvalue weighted by Crippen LogP contribution is 2.59. The van der Waals surface area contributed by atoms with Gasteiger partial charge in [0.05, 0.1) is 23.9 Å². The molecule has 6 rings (SSSR count). The summed E-state index contributed by atoms with van der Waals surface area (Å²) in [6, 6.07) is 16.8. The molecule has 4 heterocycles. The van der Waals surface area contributed by atoms with Gasteiger partial charge < -0.3 is 0 Å². The van der Waals surface area contributed by atoms with Crippen LogP contribution in [0.25, 0.3) is 0 Å². The van der Waals surface area contributed by atoms with Gasteiger partial charge in [0, 0.05) is 13.1 Å². The molecule has 6 atom stereocenters. The van der Waals surface area contributed by atoms with Gasteiger partial charge in [-0.3, -0.25) is 29.0 Å². The molecule has 8 heteroatoms. The van der Waals surface area contributed by atoms with E-state index in [4.69, 9.17) is 0 Å². The molecule has 4 aliphatic rings. The molecule has 0 N–H and O–H groups in total. The van der Waals surface area contributed by atoms with E-state index < -0.39 is 36.0 Å². The fourth-order valence-corrected chi connectivity index (χ4v) is 6.99. The van der Waals surface area contributed by atoms with Crippen molar-refractivity contribution in [1.29, 1.82) is 0 Å². The van der Waals surface area contributed by atoms with E-state index in [0.29, 0.717) is 13.1 Å². The van der Waals surface area contributed by atoms with Gasteiger partial charge in [0.15, 0.2) is 0 Å². The van der Waals surface area contributed by atoms with Crippen LogP contribution in [0.2, 0.25) is 0 Å². The standard InChI is InChI=1S/C30H34N4O4/c1-3-5-17-31-27(35)21-23(19-13-9-7-10-14-19)34-26-22(28(36)32(30(26)38)18-6-4-2)24(20-15-11-8-12-16-20)33(34)25(21)29(31)37/h7-16,21-26H,3-6,17-18H2,1-2H3/t21-,22+,23+,24-,25-,26+. The number of imide groups is 2. The second kappa shape index (κ2) is 9.75. The van der Waals surface area contributed by atoms with Crippen LogP contribution in [0.1, 0.15) is 62.7 Å². The molecule has 0 radical (unpaired) electrons. The molecule has 38 heavy (non-hydrogen) atoms. The predicted molar refractivity (Wildman–Crippen MR) is 140 cm³/mol. The summed E-state index contributed by atoms with van der Waals surface area (Å²) >= 11 is 0. The van der Waals surface area contributed by atoms with E-state index in [2.05, 4.69) is 0 Å². The number of benzene rings is 2. The second-order valence-corrected chi connectivity index (χ2v) is 10.8. The minimum atomic E-state index is -0.745. The van der Waals surface area contributed by atoms with Crippen molar-refractivity contribution in [3.63, 3.8) is 0 Å². The van der Waals surface area contributed by atoms with Crippen LogP contribution in [0.5, 0.6) is 0 Å². The Hall–Kier alpha value is -3.36. The third kappa shape index (κ3) is 3.50. The highest BCUT2D eigenvalue weighted by molar-refractivity contribution is 6.10. The number of rotatable bonds is 8. The molecule has 0 bridgehead atoms. The molecule has 4 saturated heterocycles. The van der Waals surface area contributed by atoms with Crippen LogP contribution in [-0.4, -0.2) is 68.6 Å². The van der Waals surface area contributed by atoms with Gasteiger partial charge in [0.25, 0.3) is 0 Å². The molecule has 2 aromatic carbocycles. The number of carbonyl (C=O) groups excluding carboxylic acids is 4. The fourth-order valence-electron chi connectivity index (χ4n) is 6.99. The summed E-state index contributed by atoms with van der Waals surface area (Å²) in [7, 11) is 0. The molecule has 4 aliphatic heterocycles. The normalized spacial score (nSPS) is 30.9. The molecular formula is C30H34N4O4. The maximum atomic E-state index is 13.9. The lowest BCUT2D eigenvalue weighted by Gasteiger charge is -2.35. The Morgan fingerprint density at radius 3 is 1.24 bits per heavy atom. The summed E-state index contributed by atoms with van der Waals surface area (Å²) in [5, 5.41) is 3.90. The molecule has 198 valence electrons. The van der Waals surface area contributed by atoms with Gasteiger partial charge in [0.2, 0.25) is 23.6 Å². The minimum absolute atomic E-state index is 0.181. The Kier molecular flexibility index (Phi) is 6.40. The number of fused-ring (bicyclic) bond motifs is 5. The van der Waals surface area contributed by atoms with Crippen LogP contribution in [-0.2, 0) is 19.2 Å². The Morgan fingerprint density at radius 1 is 0.526 bits per heavy atom. The van der Waals surface area contributed by atoms with Crippen LogP contribution in [0, 0.1) is 11.8 Å². The molecule has 2 aromatic rings. The van der Waals surface area contributed by atoms with Crippen molar-refractivity contribution in [2.45, 2.75) is 63.7 Å². The van der Waals surface area contributed by atoms with Crippen LogP contribution >= 0.6 is 0 Å². The minimum Gasteiger partial charge on any atom is -0.281 e. The van der Waals surface area contributed by atoms with Gasteiger partial charge in [-0.2, -0.15) is 0 Å². The second-order valence-electron chi connectivity index (χ2n) is 10.8. The van der Waals surface area contributed by atoms with Crippen LogP contribution < -0.4 is 0 Å². The van der Waals surface area contributed by atoms with Crippen molar-refractivity contribution in [1.82, 2.24) is 19.8 Å². The van der Waals surface area contributed by atoms with E-state index in [-0.39, 0.29) is 23.6 Å². The fraction of sp³-hybridized carbons (Fsp3) is 0.467. The van der Waals surface area contributed by atoms with Gasteiger partial charge in [-0.1, -0.05) is 87.4 Å². The number of hydrogen-bond donors (Lipinski definition) is 0. The van der Waals surface area contributed by atoms with Crippen LogP contribution in [0.4, 0.5) is 0 Å². The maximum absolute atomic E-state index is 13.9. The summed E-state index contributed by atoms with van der Waals surface area (Å²) in [6.07, 6.45) is 3.23. The maximum Gasteiger partial charge on any atom is 0.248 e. The number of unbranched alkanes of at least 4 members (excludes halogenated alkanes) is 2. The molecule has 4 amide bonds. The van der Waals surface area contributed by atoms with Gasteiger partial charge in [-0.25, -0.2) is 10.0 Å². The van der Waals surface area contributed by atoms with Gasteiger partial charge >= 0.3 is 0 Å². The van der Waals surface area contributed by atoms with E-state index in [1.807, 2.05) is 84.5 Å². The predicted octanol–water partition coefficient (Wildman–Crippen LogP) is 3.32. The highest BCUT2D eigenvalue weighted by Gasteiger charge is 2.73. The van der Waals surface area contributed by atoms with Crippen LogP contribution in [0.3, 0.4) is 0 Å². The lowest BCUT2D eigenvalue weighted by atomic mass is 9.84. The molecule has 0 spiro atoms. The van der Waals surface area contributed by atoms with Gasteiger partial charge in [0.1, 0.15) is 12.1 Å². The van der Waals surface area contributed by atoms with Crippen LogP contribution in [0.15, 0.2) is 60.7 Å². The van der Waals surface area contributed by atoms with Crippen molar-refractivity contribution in [3.05, 3.63) is 71.8 Å². The van der Waals surface area contributed by atoms with Crippen molar-refractivity contribution < 1.29 is 19.2 Å². The molecule has 0 unspecified atom stereocenters. The van der Waals surface area contributed by atoms with Gasteiger partial charge in [-0.05, 0) is 24.0 Å². The Bertz CT molecular complexity index is 1150. The number of likely N-dealkylation sites (tertiary alicyclic amines) is 2. The zero-order valence-corrected chi connectivity index (χ0v) is 21.9. The topological polar surface area (TPSA) is 81.2 Å². The Labute approximate surface area is 223 Å². The van der Waals surface area contributed by atoms with E-state index in [1.165, 1.54) is 9.80 Å². The number of amides is 4. The highest BCUT2D eigenvalue weighted by atomic mass is 16.2. The first kappa shape index (κ1) is 24.9. The van der Waals surface area contributed by atoms with E-state index >= 15 is 0 Å². The smallest absolute Gasteiger partial charge is 0.248 e. The average molecular weight is 515 g/mol. The zero-order chi connectivity index (χ0) is 26.6. The van der Waals surface area contributed by atoms with E-state index in [1.54, 1.807) is 0 Å². The molecule has 4 fully saturated rings. The molecule has 0 aliphatic carbocycles. The van der Waals surface area contributed by atoms with Crippen molar-refractivity contribution in [2.24, 2.45) is 11.8 Å². The summed E-state index contributed by atoms with van der Waals surface area (Å²) in [6.45, 7) is 4.86. The lowest BCUT2D eigenvalue weighted by molar-refractivity contribution is -0.153. The van der Waals surface area contributed by atoms with E-state index in [9.17, 15) is 19.2 Å². The zero-order valence-electron chi connectivity index (χ0n) is 21.9. The van der Waals surface area contributed by atoms with E-state index in [0.717, 1.165) is 36.8 Å². The summed E-state index contributed by atoms with van der Waals surface area (Å²) < 4.78 is 0. The third-order valence-corrected chi connectivity index (χ3v) is 8.66. The summed E-state index contributed by atoms with van der Waals surface area (Å²) in [4.78, 5) is 58.5. The van der Waals surface area contributed by atoms with Crippen molar-refractivity contribution in [3.8, 4) is 0 Å². The molecule has 0 aromatic heterocycles. The average Bonchev–Trinajstić information content (AvgIpc) is 3.59. The van der Waals surface area contributed by atoms with Gasteiger partial charge in [-0.15, -0.1) is 0 Å². The molecular weight excluding hydrogens is 480 g/mol. The number of hydrogen-bond acceptors (Lipinski definition) is 6. The number of hydrazine groups is 1. The Morgan fingerprint density at radius 2 is 0.895 bits per heavy atom.